The Hall–Kier alpha value is -1.84. The minimum absolute atomic E-state index is 0.828. The van der Waals surface area contributed by atoms with Crippen molar-refractivity contribution in [1.82, 2.24) is 10.3 Å². The van der Waals surface area contributed by atoms with Crippen molar-refractivity contribution in [2.75, 3.05) is 18.5 Å². The third-order valence-electron chi connectivity index (χ3n) is 4.54. The molecular formula is C20H27N3. The molecule has 3 nitrogen and oxygen atoms in total. The maximum absolute atomic E-state index is 3.34. The quantitative estimate of drug-likeness (QED) is 0.789. The van der Waals surface area contributed by atoms with E-state index < -0.39 is 0 Å². The Morgan fingerprint density at radius 3 is 2.52 bits per heavy atom. The number of nitrogens with one attached hydrogen (secondary N) is 2. The summed E-state index contributed by atoms with van der Waals surface area (Å²) in [6, 6.07) is 19.0. The minimum atomic E-state index is 0.828. The second kappa shape index (κ2) is 8.14. The van der Waals surface area contributed by atoms with E-state index in [1.807, 2.05) is 18.2 Å². The summed E-state index contributed by atoms with van der Waals surface area (Å²) >= 11 is 0. The van der Waals surface area contributed by atoms with Gasteiger partial charge in [-0.2, -0.15) is 0 Å². The van der Waals surface area contributed by atoms with Crippen LogP contribution in [0, 0.1) is 5.92 Å². The summed E-state index contributed by atoms with van der Waals surface area (Å²) in [5, 5.41) is 0. The topological polar surface area (TPSA) is 27.3 Å². The lowest BCUT2D eigenvalue weighted by Crippen LogP contribution is -2.34. The molecule has 1 aliphatic rings. The molecule has 2 aromatic carbocycles. The fourth-order valence-corrected chi connectivity index (χ4v) is 3.32. The Bertz CT molecular complexity index is 597. The summed E-state index contributed by atoms with van der Waals surface area (Å²) in [5.41, 5.74) is 10.5. The molecule has 0 bridgehead atoms. The van der Waals surface area contributed by atoms with Crippen molar-refractivity contribution >= 4 is 5.69 Å². The van der Waals surface area contributed by atoms with E-state index >= 15 is 0 Å². The van der Waals surface area contributed by atoms with E-state index in [-0.39, 0.29) is 0 Å². The monoisotopic (exact) mass is 309 g/mol. The lowest BCUT2D eigenvalue weighted by atomic mass is 9.99. The molecule has 0 aromatic heterocycles. The van der Waals surface area contributed by atoms with Crippen molar-refractivity contribution in [3.05, 3.63) is 65.7 Å². The summed E-state index contributed by atoms with van der Waals surface area (Å²) in [5.74, 6) is 0.828. The number of piperidine rings is 1. The standard InChI is InChI=1S/C20H27N3/c1-17-8-7-13-23(15-17)16-19-10-6-5-9-18(19)14-21-22-20-11-3-2-4-12-20/h2-6,9-12,17,21-22H,7-8,13-16H2,1H3. The van der Waals surface area contributed by atoms with Gasteiger partial charge in [-0.3, -0.25) is 4.90 Å². The fraction of sp³-hybridized carbons (Fsp3) is 0.400. The number of para-hydroxylation sites is 1. The van der Waals surface area contributed by atoms with Crippen LogP contribution < -0.4 is 10.9 Å². The van der Waals surface area contributed by atoms with Gasteiger partial charge in [-0.1, -0.05) is 49.4 Å². The van der Waals surface area contributed by atoms with E-state index in [1.165, 1.54) is 37.1 Å². The van der Waals surface area contributed by atoms with Gasteiger partial charge in [0.15, 0.2) is 0 Å². The van der Waals surface area contributed by atoms with Gasteiger partial charge in [0.25, 0.3) is 0 Å². The van der Waals surface area contributed by atoms with Gasteiger partial charge in [0.1, 0.15) is 0 Å². The smallest absolute Gasteiger partial charge is 0.0487 e. The predicted molar refractivity (Wildman–Crippen MR) is 97.0 cm³/mol. The van der Waals surface area contributed by atoms with E-state index in [0.29, 0.717) is 0 Å². The first-order chi connectivity index (χ1) is 11.3. The molecule has 3 rings (SSSR count). The molecule has 0 radical (unpaired) electrons. The fourth-order valence-electron chi connectivity index (χ4n) is 3.32. The van der Waals surface area contributed by atoms with Gasteiger partial charge in [0.05, 0.1) is 0 Å². The van der Waals surface area contributed by atoms with Crippen LogP contribution in [0.5, 0.6) is 0 Å². The van der Waals surface area contributed by atoms with Gasteiger partial charge in [-0.15, -0.1) is 0 Å². The number of likely N-dealkylation sites (tertiary alicyclic amines) is 1. The van der Waals surface area contributed by atoms with Crippen LogP contribution in [-0.2, 0) is 13.1 Å². The number of hydrazine groups is 1. The highest BCUT2D eigenvalue weighted by Gasteiger charge is 2.17. The number of rotatable bonds is 6. The van der Waals surface area contributed by atoms with Gasteiger partial charge < -0.3 is 5.43 Å². The van der Waals surface area contributed by atoms with Crippen LogP contribution in [0.4, 0.5) is 5.69 Å². The van der Waals surface area contributed by atoms with Crippen LogP contribution >= 0.6 is 0 Å². The summed E-state index contributed by atoms with van der Waals surface area (Å²) in [6.45, 7) is 6.71. The van der Waals surface area contributed by atoms with Crippen LogP contribution in [0.3, 0.4) is 0 Å². The third kappa shape index (κ3) is 4.81. The van der Waals surface area contributed by atoms with Gasteiger partial charge in [0, 0.05) is 25.3 Å². The van der Waals surface area contributed by atoms with E-state index in [4.69, 9.17) is 0 Å². The Morgan fingerprint density at radius 1 is 1.00 bits per heavy atom. The molecule has 122 valence electrons. The highest BCUT2D eigenvalue weighted by molar-refractivity contribution is 5.41. The van der Waals surface area contributed by atoms with E-state index in [1.54, 1.807) is 0 Å². The van der Waals surface area contributed by atoms with Gasteiger partial charge >= 0.3 is 0 Å². The first kappa shape index (κ1) is 16.0. The van der Waals surface area contributed by atoms with Crippen LogP contribution in [0.15, 0.2) is 54.6 Å². The molecule has 1 heterocycles. The maximum atomic E-state index is 3.34. The highest BCUT2D eigenvalue weighted by Crippen LogP contribution is 2.19. The average molecular weight is 309 g/mol. The van der Waals surface area contributed by atoms with Gasteiger partial charge in [-0.25, -0.2) is 5.43 Å². The van der Waals surface area contributed by atoms with Crippen molar-refractivity contribution in [1.29, 1.82) is 0 Å². The van der Waals surface area contributed by atoms with E-state index in [2.05, 4.69) is 59.1 Å². The normalized spacial score (nSPS) is 18.7. The molecule has 1 fully saturated rings. The molecule has 23 heavy (non-hydrogen) atoms. The zero-order valence-corrected chi connectivity index (χ0v) is 14.0. The number of nitrogens with zero attached hydrogens (tertiary/aromatic N) is 1. The molecule has 1 unspecified atom stereocenters. The third-order valence-corrected chi connectivity index (χ3v) is 4.54. The van der Waals surface area contributed by atoms with Crippen LogP contribution in [-0.4, -0.2) is 18.0 Å². The number of hydrogen-bond acceptors (Lipinski definition) is 3. The van der Waals surface area contributed by atoms with Crippen molar-refractivity contribution in [3.63, 3.8) is 0 Å². The van der Waals surface area contributed by atoms with Crippen LogP contribution in [0.2, 0.25) is 0 Å². The summed E-state index contributed by atoms with van der Waals surface area (Å²) in [4.78, 5) is 2.59. The molecule has 0 spiro atoms. The van der Waals surface area contributed by atoms with Crippen LogP contribution in [0.1, 0.15) is 30.9 Å². The van der Waals surface area contributed by atoms with Crippen molar-refractivity contribution < 1.29 is 0 Å². The van der Waals surface area contributed by atoms with E-state index in [0.717, 1.165) is 24.7 Å². The Morgan fingerprint density at radius 2 is 1.74 bits per heavy atom. The molecule has 0 saturated carbocycles. The molecule has 0 aliphatic carbocycles. The largest absolute Gasteiger partial charge is 0.321 e. The molecule has 2 N–H and O–H groups in total. The SMILES string of the molecule is CC1CCCN(Cc2ccccc2CNNc2ccccc2)C1. The van der Waals surface area contributed by atoms with Crippen molar-refractivity contribution in [3.8, 4) is 0 Å². The molecule has 2 aromatic rings. The molecular weight excluding hydrogens is 282 g/mol. The highest BCUT2D eigenvalue weighted by atomic mass is 15.3. The number of anilines is 1. The summed E-state index contributed by atoms with van der Waals surface area (Å²) in [6.07, 6.45) is 2.71. The summed E-state index contributed by atoms with van der Waals surface area (Å²) in [7, 11) is 0. The minimum Gasteiger partial charge on any atom is -0.321 e. The van der Waals surface area contributed by atoms with Crippen molar-refractivity contribution in [2.45, 2.75) is 32.9 Å². The lowest BCUT2D eigenvalue weighted by molar-refractivity contribution is 0.176. The van der Waals surface area contributed by atoms with Crippen molar-refractivity contribution in [2.24, 2.45) is 5.92 Å². The molecule has 1 atom stereocenters. The zero-order chi connectivity index (χ0) is 15.9. The lowest BCUT2D eigenvalue weighted by Gasteiger charge is -2.31. The Balaban J connectivity index is 1.57. The summed E-state index contributed by atoms with van der Waals surface area (Å²) < 4.78 is 0. The Labute approximate surface area is 139 Å². The molecule has 1 aliphatic heterocycles. The van der Waals surface area contributed by atoms with Gasteiger partial charge in [0.2, 0.25) is 0 Å². The zero-order valence-electron chi connectivity index (χ0n) is 14.0. The predicted octanol–water partition coefficient (Wildman–Crippen LogP) is 4.04. The van der Waals surface area contributed by atoms with Crippen LogP contribution in [0.25, 0.3) is 0 Å². The maximum Gasteiger partial charge on any atom is 0.0487 e. The number of benzene rings is 2. The second-order valence-corrected chi connectivity index (χ2v) is 6.60. The molecule has 1 saturated heterocycles. The van der Waals surface area contributed by atoms with E-state index in [9.17, 15) is 0 Å². The van der Waals surface area contributed by atoms with Gasteiger partial charge in [-0.05, 0) is 48.6 Å². The first-order valence-corrected chi connectivity index (χ1v) is 8.64. The molecule has 0 amide bonds. The Kier molecular flexibility index (Phi) is 5.67. The number of hydrogen-bond donors (Lipinski definition) is 2. The average Bonchev–Trinajstić information content (AvgIpc) is 2.57. The second-order valence-electron chi connectivity index (χ2n) is 6.60. The first-order valence-electron chi connectivity index (χ1n) is 8.64. The molecule has 3 heteroatoms.